The van der Waals surface area contributed by atoms with Crippen molar-refractivity contribution in [2.45, 2.75) is 193 Å². The molecule has 0 aromatic carbocycles. The second kappa shape index (κ2) is 37.0. The van der Waals surface area contributed by atoms with Crippen molar-refractivity contribution in [2.24, 2.45) is 0 Å². The molecule has 0 amide bonds. The lowest BCUT2D eigenvalue weighted by Gasteiger charge is -2.19. The van der Waals surface area contributed by atoms with Gasteiger partial charge in [0.25, 0.3) is 0 Å². The standard InChI is InChI=1S/C41H75O8P/c1-4-6-8-10-12-14-16-18-19-20-21-22-24-25-27-29-31-33-35-40(42)47-37-39(38-48-50(44,45)46-3)49-41(43)36-34-32-30-28-26-23-17-15-13-11-9-7-5-2/h7,9,13,15,23,26,39H,4-6,8,10-12,14,16-22,24-25,27-38H2,1-3H3,(H,44,45)/b9-7-,15-13-,26-23-. The van der Waals surface area contributed by atoms with Crippen LogP contribution in [-0.4, -0.2) is 43.3 Å². The summed E-state index contributed by atoms with van der Waals surface area (Å²) in [6.07, 6.45) is 42.0. The third-order valence-electron chi connectivity index (χ3n) is 8.65. The molecule has 0 spiro atoms. The van der Waals surface area contributed by atoms with Crippen LogP contribution in [-0.2, 0) is 32.7 Å². The summed E-state index contributed by atoms with van der Waals surface area (Å²) >= 11 is 0. The number of hydrogen-bond acceptors (Lipinski definition) is 7. The van der Waals surface area contributed by atoms with Gasteiger partial charge in [-0.15, -0.1) is 0 Å². The van der Waals surface area contributed by atoms with Gasteiger partial charge in [-0.1, -0.05) is 166 Å². The highest BCUT2D eigenvalue weighted by Gasteiger charge is 2.24. The van der Waals surface area contributed by atoms with Crippen molar-refractivity contribution in [3.63, 3.8) is 0 Å². The molecule has 0 saturated carbocycles. The minimum Gasteiger partial charge on any atom is -0.462 e. The quantitative estimate of drug-likeness (QED) is 0.0292. The second-order valence-corrected chi connectivity index (χ2v) is 15.0. The van der Waals surface area contributed by atoms with E-state index in [0.29, 0.717) is 6.42 Å². The Morgan fingerprint density at radius 3 is 1.52 bits per heavy atom. The fraction of sp³-hybridized carbons (Fsp3) is 0.805. The van der Waals surface area contributed by atoms with E-state index < -0.39 is 26.5 Å². The number of carbonyl (C=O) groups excluding carboxylic acids is 2. The van der Waals surface area contributed by atoms with Crippen LogP contribution in [0.1, 0.15) is 187 Å². The minimum atomic E-state index is -4.26. The number of allylic oxidation sites excluding steroid dienone is 6. The Balaban J connectivity index is 4.01. The van der Waals surface area contributed by atoms with Crippen molar-refractivity contribution >= 4 is 19.8 Å². The highest BCUT2D eigenvalue weighted by Crippen LogP contribution is 2.42. The molecule has 0 radical (unpaired) electrons. The monoisotopic (exact) mass is 727 g/mol. The minimum absolute atomic E-state index is 0.211. The molecule has 1 N–H and O–H groups in total. The number of rotatable bonds is 37. The normalized spacial score (nSPS) is 13.8. The lowest BCUT2D eigenvalue weighted by atomic mass is 10.0. The first kappa shape index (κ1) is 48.3. The van der Waals surface area contributed by atoms with E-state index in [9.17, 15) is 19.0 Å². The molecule has 0 aromatic rings. The molecule has 0 aliphatic heterocycles. The fourth-order valence-corrected chi connectivity index (χ4v) is 6.01. The highest BCUT2D eigenvalue weighted by atomic mass is 31.2. The maximum atomic E-state index is 12.4. The van der Waals surface area contributed by atoms with E-state index in [1.54, 1.807) is 0 Å². The van der Waals surface area contributed by atoms with E-state index in [1.807, 2.05) is 0 Å². The van der Waals surface area contributed by atoms with Crippen LogP contribution in [0, 0.1) is 0 Å². The van der Waals surface area contributed by atoms with Crippen molar-refractivity contribution in [3.05, 3.63) is 36.5 Å². The van der Waals surface area contributed by atoms with Gasteiger partial charge in [0.1, 0.15) is 6.61 Å². The summed E-state index contributed by atoms with van der Waals surface area (Å²) in [4.78, 5) is 34.4. The van der Waals surface area contributed by atoms with Gasteiger partial charge in [-0.05, 0) is 44.9 Å². The molecule has 2 atom stereocenters. The molecule has 0 heterocycles. The van der Waals surface area contributed by atoms with Gasteiger partial charge < -0.3 is 14.4 Å². The van der Waals surface area contributed by atoms with Crippen molar-refractivity contribution in [3.8, 4) is 0 Å². The number of unbranched alkanes of at least 4 members (excludes halogenated alkanes) is 20. The third kappa shape index (κ3) is 36.1. The summed E-state index contributed by atoms with van der Waals surface area (Å²) in [6, 6.07) is 0. The summed E-state index contributed by atoms with van der Waals surface area (Å²) in [5, 5.41) is 0. The first-order valence-corrected chi connectivity index (χ1v) is 21.7. The van der Waals surface area contributed by atoms with Crippen molar-refractivity contribution in [1.29, 1.82) is 0 Å². The number of phosphoric acid groups is 1. The van der Waals surface area contributed by atoms with Crippen molar-refractivity contribution in [1.82, 2.24) is 0 Å². The summed E-state index contributed by atoms with van der Waals surface area (Å²) in [7, 11) is -3.21. The Kier molecular flexibility index (Phi) is 35.8. The van der Waals surface area contributed by atoms with E-state index in [-0.39, 0.29) is 25.4 Å². The first-order valence-electron chi connectivity index (χ1n) is 20.2. The molecule has 9 heteroatoms. The van der Waals surface area contributed by atoms with Gasteiger partial charge >= 0.3 is 19.8 Å². The van der Waals surface area contributed by atoms with Gasteiger partial charge in [-0.3, -0.25) is 18.6 Å². The van der Waals surface area contributed by atoms with E-state index in [0.717, 1.165) is 64.9 Å². The molecule has 8 nitrogen and oxygen atoms in total. The molecule has 292 valence electrons. The van der Waals surface area contributed by atoms with Gasteiger partial charge in [0.05, 0.1) is 6.61 Å². The Hall–Kier alpha value is -1.73. The van der Waals surface area contributed by atoms with Crippen LogP contribution < -0.4 is 0 Å². The SMILES string of the molecule is CC/C=C\C/C=C\C/C=C\CCCCCC(=O)OC(COC(=O)CCCCCCCCCCCCCCCCCCCC)COP(=O)(O)OC. The average molecular weight is 727 g/mol. The van der Waals surface area contributed by atoms with Crippen LogP contribution in [0.5, 0.6) is 0 Å². The number of ether oxygens (including phenoxy) is 2. The van der Waals surface area contributed by atoms with Crippen LogP contribution >= 0.6 is 7.82 Å². The van der Waals surface area contributed by atoms with Crippen molar-refractivity contribution in [2.75, 3.05) is 20.3 Å². The molecule has 50 heavy (non-hydrogen) atoms. The Bertz CT molecular complexity index is 916. The largest absolute Gasteiger partial charge is 0.472 e. The topological polar surface area (TPSA) is 108 Å². The van der Waals surface area contributed by atoms with E-state index in [1.165, 1.54) is 96.3 Å². The van der Waals surface area contributed by atoms with Crippen LogP contribution in [0.25, 0.3) is 0 Å². The zero-order chi connectivity index (χ0) is 36.8. The molecule has 0 aliphatic carbocycles. The maximum Gasteiger partial charge on any atom is 0.472 e. The van der Waals surface area contributed by atoms with Crippen LogP contribution in [0.4, 0.5) is 0 Å². The smallest absolute Gasteiger partial charge is 0.462 e. The van der Waals surface area contributed by atoms with Crippen molar-refractivity contribution < 1.29 is 37.6 Å². The number of phosphoric ester groups is 1. The zero-order valence-corrected chi connectivity index (χ0v) is 33.2. The Morgan fingerprint density at radius 2 is 1.02 bits per heavy atom. The first-order chi connectivity index (χ1) is 24.3. The molecule has 0 bridgehead atoms. The predicted octanol–water partition coefficient (Wildman–Crippen LogP) is 12.4. The Morgan fingerprint density at radius 1 is 0.580 bits per heavy atom. The molecular formula is C41H75O8P. The Labute approximate surface area is 306 Å². The maximum absolute atomic E-state index is 12.4. The number of esters is 2. The average Bonchev–Trinajstić information content (AvgIpc) is 3.10. The lowest BCUT2D eigenvalue weighted by Crippen LogP contribution is -2.29. The van der Waals surface area contributed by atoms with Gasteiger partial charge in [-0.2, -0.15) is 0 Å². The van der Waals surface area contributed by atoms with Gasteiger partial charge in [-0.25, -0.2) is 4.57 Å². The second-order valence-electron chi connectivity index (χ2n) is 13.4. The highest BCUT2D eigenvalue weighted by molar-refractivity contribution is 7.47. The third-order valence-corrected chi connectivity index (χ3v) is 9.59. The van der Waals surface area contributed by atoms with E-state index in [2.05, 4.69) is 54.8 Å². The van der Waals surface area contributed by atoms with E-state index >= 15 is 0 Å². The summed E-state index contributed by atoms with van der Waals surface area (Å²) in [5.41, 5.74) is 0. The molecule has 0 fully saturated rings. The lowest BCUT2D eigenvalue weighted by molar-refractivity contribution is -0.161. The molecule has 0 saturated heterocycles. The number of carbonyl (C=O) groups is 2. The summed E-state index contributed by atoms with van der Waals surface area (Å²) in [5.74, 6) is -0.834. The van der Waals surface area contributed by atoms with Gasteiger partial charge in [0.15, 0.2) is 6.10 Å². The van der Waals surface area contributed by atoms with Gasteiger partial charge in [0.2, 0.25) is 0 Å². The summed E-state index contributed by atoms with van der Waals surface area (Å²) in [6.45, 7) is 3.75. The van der Waals surface area contributed by atoms with Crippen LogP contribution in [0.3, 0.4) is 0 Å². The molecule has 0 rings (SSSR count). The number of hydrogen-bond donors (Lipinski definition) is 1. The molecular weight excluding hydrogens is 651 g/mol. The van der Waals surface area contributed by atoms with Gasteiger partial charge in [0, 0.05) is 20.0 Å². The zero-order valence-electron chi connectivity index (χ0n) is 32.3. The fourth-order valence-electron chi connectivity index (χ4n) is 5.55. The summed E-state index contributed by atoms with van der Waals surface area (Å²) < 4.78 is 31.9. The van der Waals surface area contributed by atoms with E-state index in [4.69, 9.17) is 14.0 Å². The van der Waals surface area contributed by atoms with Crippen LogP contribution in [0.15, 0.2) is 36.5 Å². The molecule has 0 aromatic heterocycles. The molecule has 0 aliphatic rings. The molecule has 2 unspecified atom stereocenters. The predicted molar refractivity (Wildman–Crippen MR) is 207 cm³/mol. The van der Waals surface area contributed by atoms with Crippen LogP contribution in [0.2, 0.25) is 0 Å².